The molecule has 9 nitrogen and oxygen atoms in total. The van der Waals surface area contributed by atoms with Gasteiger partial charge < -0.3 is 15.8 Å². The summed E-state index contributed by atoms with van der Waals surface area (Å²) >= 11 is 0. The Morgan fingerprint density at radius 2 is 1.68 bits per heavy atom. The average molecular weight is 476 g/mol. The number of benzodiazepines with no additional fused rings is 1. The number of hydrogen-bond donors (Lipinski definition) is 3. The zero-order valence-corrected chi connectivity index (χ0v) is 18.9. The first kappa shape index (κ1) is 22.9. The van der Waals surface area contributed by atoms with Crippen LogP contribution < -0.4 is 11.1 Å². The summed E-state index contributed by atoms with van der Waals surface area (Å²) in [4.78, 5) is 21.6. The summed E-state index contributed by atoms with van der Waals surface area (Å²) in [6, 6.07) is 21.8. The number of carbonyl (C=O) groups is 1. The van der Waals surface area contributed by atoms with Gasteiger partial charge in [0.2, 0.25) is 12.1 Å². The number of benzene rings is 3. The first-order valence-corrected chi connectivity index (χ1v) is 12.0. The highest BCUT2D eigenvalue weighted by atomic mass is 32.2. The number of sulfone groups is 1. The van der Waals surface area contributed by atoms with E-state index in [-0.39, 0.29) is 16.4 Å². The van der Waals surface area contributed by atoms with Crippen molar-refractivity contribution < 1.29 is 17.9 Å². The predicted molar refractivity (Wildman–Crippen MR) is 130 cm³/mol. The van der Waals surface area contributed by atoms with Crippen LogP contribution in [0.1, 0.15) is 16.7 Å². The van der Waals surface area contributed by atoms with E-state index >= 15 is 0 Å². The molecule has 0 spiro atoms. The lowest BCUT2D eigenvalue weighted by Crippen LogP contribution is -2.29. The third-order valence-electron chi connectivity index (χ3n) is 4.97. The lowest BCUT2D eigenvalue weighted by Gasteiger charge is -2.10. The minimum absolute atomic E-state index is 0.114. The third-order valence-corrected chi connectivity index (χ3v) is 6.10. The molecule has 10 heteroatoms. The highest BCUT2D eigenvalue weighted by molar-refractivity contribution is 7.90. The van der Waals surface area contributed by atoms with Crippen LogP contribution in [0.15, 0.2) is 93.7 Å². The second kappa shape index (κ2) is 9.28. The summed E-state index contributed by atoms with van der Waals surface area (Å²) in [5, 5.41) is 10.9. The second-order valence-corrected chi connectivity index (χ2v) is 9.46. The number of nitrogens with zero attached hydrogens (tertiary/aromatic N) is 2. The van der Waals surface area contributed by atoms with Crippen LogP contribution in [0.4, 0.5) is 5.69 Å². The molecule has 0 aromatic heterocycles. The summed E-state index contributed by atoms with van der Waals surface area (Å²) in [5.74, 6) is -0.861. The lowest BCUT2D eigenvalue weighted by atomic mass is 10.0. The maximum Gasteiger partial charge on any atom is 0.291 e. The smallest absolute Gasteiger partial charge is 0.291 e. The van der Waals surface area contributed by atoms with Crippen molar-refractivity contribution in [2.75, 3.05) is 11.6 Å². The number of aliphatic imine (C=N–C) groups is 2. The molecule has 0 fully saturated rings. The van der Waals surface area contributed by atoms with Gasteiger partial charge in [0.1, 0.15) is 0 Å². The van der Waals surface area contributed by atoms with Crippen molar-refractivity contribution in [2.24, 2.45) is 15.7 Å². The Bertz CT molecular complexity index is 1420. The molecule has 172 valence electrons. The van der Waals surface area contributed by atoms with Crippen LogP contribution in [0.25, 0.3) is 0 Å². The maximum atomic E-state index is 12.8. The first-order chi connectivity index (χ1) is 16.2. The van der Waals surface area contributed by atoms with Gasteiger partial charge in [0.15, 0.2) is 9.84 Å². The molecule has 0 radical (unpaired) electrons. The van der Waals surface area contributed by atoms with Gasteiger partial charge in [-0.15, -0.1) is 0 Å². The van der Waals surface area contributed by atoms with Crippen LogP contribution in [0.3, 0.4) is 0 Å². The number of amides is 1. The van der Waals surface area contributed by atoms with Crippen molar-refractivity contribution in [2.45, 2.75) is 11.1 Å². The zero-order chi connectivity index (χ0) is 24.3. The number of para-hydroxylation sites is 1. The Labute approximate surface area is 196 Å². The van der Waals surface area contributed by atoms with E-state index in [0.717, 1.165) is 17.4 Å². The van der Waals surface area contributed by atoms with Crippen molar-refractivity contribution in [3.63, 3.8) is 0 Å². The standard InChI is InChI=1S/C24H21N5O4S/c1-34(31,32)17-13-11-16(12-14-17)21(25)33-24(26)29-22-23(30)27-19-10-6-5-9-18(19)20(28-22)15-7-3-2-4-8-15/h2-14,22,25H,1H3,(H2,26,29)(H,27,30). The van der Waals surface area contributed by atoms with Gasteiger partial charge in [0.25, 0.3) is 11.9 Å². The zero-order valence-electron chi connectivity index (χ0n) is 18.1. The summed E-state index contributed by atoms with van der Waals surface area (Å²) in [6.45, 7) is 0. The van der Waals surface area contributed by atoms with E-state index in [4.69, 9.17) is 15.9 Å². The topological polar surface area (TPSA) is 147 Å². The number of ether oxygens (including phenoxy) is 1. The fraction of sp³-hybridized carbons (Fsp3) is 0.0833. The molecule has 0 aliphatic carbocycles. The number of anilines is 1. The van der Waals surface area contributed by atoms with E-state index in [1.165, 1.54) is 24.3 Å². The van der Waals surface area contributed by atoms with Crippen LogP contribution in [0.2, 0.25) is 0 Å². The SMILES string of the molecule is CS(=O)(=O)c1ccc(C(=N)O/C(N)=N/C2N=C(c3ccccc3)c3ccccc3NC2=O)cc1. The van der Waals surface area contributed by atoms with E-state index in [1.54, 1.807) is 12.1 Å². The van der Waals surface area contributed by atoms with Crippen LogP contribution in [0.5, 0.6) is 0 Å². The van der Waals surface area contributed by atoms with Crippen LogP contribution in [-0.2, 0) is 19.4 Å². The third kappa shape index (κ3) is 5.02. The van der Waals surface area contributed by atoms with Crippen molar-refractivity contribution >= 4 is 39.1 Å². The number of hydrogen-bond acceptors (Lipinski definition) is 7. The highest BCUT2D eigenvalue weighted by Crippen LogP contribution is 2.24. The monoisotopic (exact) mass is 475 g/mol. The summed E-state index contributed by atoms with van der Waals surface area (Å²) in [6.07, 6.45) is -0.155. The van der Waals surface area contributed by atoms with E-state index in [0.29, 0.717) is 11.4 Å². The molecule has 3 aromatic carbocycles. The van der Waals surface area contributed by atoms with Crippen LogP contribution in [0, 0.1) is 5.41 Å². The molecule has 1 amide bonds. The van der Waals surface area contributed by atoms with Gasteiger partial charge in [0, 0.05) is 22.9 Å². The number of amidine groups is 1. The number of carbonyl (C=O) groups excluding carboxylic acids is 1. The molecule has 0 saturated carbocycles. The van der Waals surface area contributed by atoms with E-state index in [2.05, 4.69) is 15.3 Å². The lowest BCUT2D eigenvalue weighted by molar-refractivity contribution is -0.117. The number of nitrogens with one attached hydrogen (secondary N) is 2. The van der Waals surface area contributed by atoms with Crippen LogP contribution in [-0.4, -0.2) is 44.4 Å². The van der Waals surface area contributed by atoms with Crippen molar-refractivity contribution in [3.05, 3.63) is 95.6 Å². The average Bonchev–Trinajstić information content (AvgIpc) is 2.95. The Morgan fingerprint density at radius 1 is 1.03 bits per heavy atom. The largest absolute Gasteiger partial charge is 0.407 e. The molecular formula is C24H21N5O4S. The summed E-state index contributed by atoms with van der Waals surface area (Å²) in [5.41, 5.74) is 8.85. The van der Waals surface area contributed by atoms with Gasteiger partial charge in [-0.05, 0) is 30.3 Å². The van der Waals surface area contributed by atoms with E-state index in [1.807, 2.05) is 42.5 Å². The molecule has 4 N–H and O–H groups in total. The first-order valence-electron chi connectivity index (χ1n) is 10.2. The molecule has 1 unspecified atom stereocenters. The van der Waals surface area contributed by atoms with Gasteiger partial charge in [-0.2, -0.15) is 4.99 Å². The fourth-order valence-corrected chi connectivity index (χ4v) is 3.95. The Kier molecular flexibility index (Phi) is 6.24. The minimum Gasteiger partial charge on any atom is -0.407 e. The molecule has 1 heterocycles. The molecule has 1 aliphatic heterocycles. The number of rotatable bonds is 4. The quantitative estimate of drug-likeness (QED) is 0.392. The van der Waals surface area contributed by atoms with Gasteiger partial charge in [-0.25, -0.2) is 13.4 Å². The molecule has 4 rings (SSSR count). The van der Waals surface area contributed by atoms with Gasteiger partial charge in [-0.3, -0.25) is 10.2 Å². The second-order valence-electron chi connectivity index (χ2n) is 7.45. The fourth-order valence-electron chi connectivity index (χ4n) is 3.32. The van der Waals surface area contributed by atoms with Gasteiger partial charge in [0.05, 0.1) is 16.3 Å². The van der Waals surface area contributed by atoms with Crippen molar-refractivity contribution in [1.29, 1.82) is 5.41 Å². The molecule has 1 aliphatic rings. The minimum atomic E-state index is -3.37. The predicted octanol–water partition coefficient (Wildman–Crippen LogP) is 2.56. The molecular weight excluding hydrogens is 454 g/mol. The van der Waals surface area contributed by atoms with Crippen molar-refractivity contribution in [1.82, 2.24) is 0 Å². The number of fused-ring (bicyclic) bond motifs is 1. The summed E-state index contributed by atoms with van der Waals surface area (Å²) < 4.78 is 28.5. The molecule has 0 saturated heterocycles. The number of nitrogens with two attached hydrogens (primary N) is 1. The molecule has 3 aromatic rings. The van der Waals surface area contributed by atoms with E-state index < -0.39 is 27.9 Å². The van der Waals surface area contributed by atoms with Crippen LogP contribution >= 0.6 is 0 Å². The highest BCUT2D eigenvalue weighted by Gasteiger charge is 2.26. The van der Waals surface area contributed by atoms with E-state index in [9.17, 15) is 13.2 Å². The molecule has 34 heavy (non-hydrogen) atoms. The van der Waals surface area contributed by atoms with Gasteiger partial charge in [-0.1, -0.05) is 48.5 Å². The Hall–Kier alpha value is -4.31. The molecule has 1 atom stereocenters. The maximum absolute atomic E-state index is 12.8. The normalized spacial score (nSPS) is 16.0. The molecule has 0 bridgehead atoms. The summed E-state index contributed by atoms with van der Waals surface area (Å²) in [7, 11) is -3.37. The Morgan fingerprint density at radius 3 is 2.35 bits per heavy atom. The van der Waals surface area contributed by atoms with Gasteiger partial charge >= 0.3 is 0 Å². The Balaban J connectivity index is 1.62. The van der Waals surface area contributed by atoms with Crippen molar-refractivity contribution in [3.8, 4) is 0 Å².